The minimum atomic E-state index is -1.89. The molecular formula is C6H5Cl3O4. The molecule has 0 unspecified atom stereocenters. The second-order valence-corrected chi connectivity index (χ2v) is 4.97. The van der Waals surface area contributed by atoms with E-state index in [0.29, 0.717) is 0 Å². The second-order valence-electron chi connectivity index (χ2n) is 2.60. The number of carbonyl (C=O) groups is 2. The lowest BCUT2D eigenvalue weighted by atomic mass is 10.0. The average molecular weight is 247 g/mol. The summed E-state index contributed by atoms with van der Waals surface area (Å²) in [7, 11) is 0. The van der Waals surface area contributed by atoms with Gasteiger partial charge in [0.25, 0.3) is 0 Å². The van der Waals surface area contributed by atoms with E-state index in [0.717, 1.165) is 0 Å². The fraction of sp³-hybridized carbons (Fsp3) is 0.667. The first-order chi connectivity index (χ1) is 5.82. The lowest BCUT2D eigenvalue weighted by Gasteiger charge is -2.21. The molecule has 4 nitrogen and oxygen atoms in total. The molecule has 0 bridgehead atoms. The molecule has 1 N–H and O–H groups in total. The van der Waals surface area contributed by atoms with E-state index < -0.39 is 27.8 Å². The van der Waals surface area contributed by atoms with Crippen molar-refractivity contribution in [2.45, 2.75) is 16.3 Å². The first kappa shape index (κ1) is 10.9. The highest BCUT2D eigenvalue weighted by Gasteiger charge is 2.50. The normalized spacial score (nSPS) is 28.7. The van der Waals surface area contributed by atoms with Crippen LogP contribution in [0.4, 0.5) is 0 Å². The number of esters is 1. The highest BCUT2D eigenvalue weighted by Crippen LogP contribution is 2.40. The fourth-order valence-corrected chi connectivity index (χ4v) is 1.66. The van der Waals surface area contributed by atoms with Crippen molar-refractivity contribution in [3.8, 4) is 0 Å². The number of carboxylic acid groups (broad SMARTS) is 1. The highest BCUT2D eigenvalue weighted by molar-refractivity contribution is 6.68. The van der Waals surface area contributed by atoms with Gasteiger partial charge in [-0.25, -0.2) is 0 Å². The van der Waals surface area contributed by atoms with E-state index in [9.17, 15) is 9.59 Å². The van der Waals surface area contributed by atoms with Gasteiger partial charge in [0.15, 0.2) is 6.10 Å². The van der Waals surface area contributed by atoms with E-state index in [1.807, 2.05) is 0 Å². The molecule has 0 aromatic heterocycles. The molecule has 0 aliphatic carbocycles. The van der Waals surface area contributed by atoms with Crippen molar-refractivity contribution >= 4 is 46.7 Å². The first-order valence-corrected chi connectivity index (χ1v) is 4.45. The number of carbonyl (C=O) groups excluding carboxylic acids is 1. The van der Waals surface area contributed by atoms with Crippen molar-refractivity contribution in [2.24, 2.45) is 5.92 Å². The molecule has 1 rings (SSSR count). The van der Waals surface area contributed by atoms with Crippen molar-refractivity contribution in [2.75, 3.05) is 0 Å². The number of hydrogen-bond acceptors (Lipinski definition) is 3. The van der Waals surface area contributed by atoms with E-state index in [1.54, 1.807) is 0 Å². The maximum Gasteiger partial charge on any atom is 0.311 e. The molecule has 7 heteroatoms. The van der Waals surface area contributed by atoms with Crippen molar-refractivity contribution in [3.63, 3.8) is 0 Å². The minimum Gasteiger partial charge on any atom is -0.481 e. The summed E-state index contributed by atoms with van der Waals surface area (Å²) < 4.78 is 2.69. The van der Waals surface area contributed by atoms with Crippen molar-refractivity contribution in [1.29, 1.82) is 0 Å². The molecule has 2 atom stereocenters. The van der Waals surface area contributed by atoms with Gasteiger partial charge in [-0.1, -0.05) is 34.8 Å². The summed E-state index contributed by atoms with van der Waals surface area (Å²) in [5, 5.41) is 8.66. The molecule has 1 aliphatic rings. The van der Waals surface area contributed by atoms with E-state index in [4.69, 9.17) is 39.9 Å². The molecule has 74 valence electrons. The second kappa shape index (κ2) is 3.52. The molecule has 1 fully saturated rings. The van der Waals surface area contributed by atoms with Gasteiger partial charge < -0.3 is 9.84 Å². The quantitative estimate of drug-likeness (QED) is 0.561. The smallest absolute Gasteiger partial charge is 0.311 e. The monoisotopic (exact) mass is 246 g/mol. The molecule has 0 aromatic rings. The van der Waals surface area contributed by atoms with Crippen LogP contribution in [-0.2, 0) is 14.3 Å². The molecule has 0 amide bonds. The number of alkyl halides is 3. The van der Waals surface area contributed by atoms with E-state index in [1.165, 1.54) is 0 Å². The summed E-state index contributed by atoms with van der Waals surface area (Å²) in [6, 6.07) is 0. The zero-order valence-electron chi connectivity index (χ0n) is 6.17. The van der Waals surface area contributed by atoms with Gasteiger partial charge in [0, 0.05) is 0 Å². The van der Waals surface area contributed by atoms with Gasteiger partial charge >= 0.3 is 11.9 Å². The van der Waals surface area contributed by atoms with Gasteiger partial charge in [0.1, 0.15) is 5.92 Å². The van der Waals surface area contributed by atoms with E-state index >= 15 is 0 Å². The summed E-state index contributed by atoms with van der Waals surface area (Å²) in [5.41, 5.74) is 0. The van der Waals surface area contributed by atoms with Crippen molar-refractivity contribution in [1.82, 2.24) is 0 Å². The molecule has 0 aromatic carbocycles. The topological polar surface area (TPSA) is 63.6 Å². The standard InChI is InChI=1S/C6H5Cl3O4/c7-6(8,9)4-2(5(11)12)1-3(10)13-4/h2,4H,1H2,(H,11,12)/t2-,4+/m1/s1. The summed E-state index contributed by atoms with van der Waals surface area (Å²) in [5.74, 6) is -2.95. The van der Waals surface area contributed by atoms with Crippen LogP contribution < -0.4 is 0 Å². The van der Waals surface area contributed by atoms with Gasteiger partial charge in [-0.05, 0) is 0 Å². The lowest BCUT2D eigenvalue weighted by molar-refractivity contribution is -0.144. The van der Waals surface area contributed by atoms with Gasteiger partial charge in [-0.3, -0.25) is 9.59 Å². The van der Waals surface area contributed by atoms with Gasteiger partial charge in [0.2, 0.25) is 3.79 Å². The minimum absolute atomic E-state index is 0.256. The summed E-state index contributed by atoms with van der Waals surface area (Å²) in [6.07, 6.45) is -1.46. The fourth-order valence-electron chi connectivity index (χ4n) is 1.07. The Balaban J connectivity index is 2.84. The SMILES string of the molecule is O=C1C[C@@H](C(=O)O)[C@@H](C(Cl)(Cl)Cl)O1. The predicted molar refractivity (Wildman–Crippen MR) is 45.9 cm³/mol. The Morgan fingerprint density at radius 1 is 1.54 bits per heavy atom. The van der Waals surface area contributed by atoms with Crippen LogP contribution in [0, 0.1) is 5.92 Å². The number of rotatable bonds is 1. The zero-order chi connectivity index (χ0) is 10.2. The zero-order valence-corrected chi connectivity index (χ0v) is 8.44. The summed E-state index contributed by atoms with van der Waals surface area (Å²) in [4.78, 5) is 21.3. The Bertz CT molecular complexity index is 247. The van der Waals surface area contributed by atoms with Crippen LogP contribution in [0.15, 0.2) is 0 Å². The highest BCUT2D eigenvalue weighted by atomic mass is 35.6. The molecule has 13 heavy (non-hydrogen) atoms. The number of ether oxygens (including phenoxy) is 1. The molecule has 1 saturated heterocycles. The van der Waals surface area contributed by atoms with Crippen molar-refractivity contribution in [3.05, 3.63) is 0 Å². The number of hydrogen-bond donors (Lipinski definition) is 1. The van der Waals surface area contributed by atoms with Crippen LogP contribution in [0.2, 0.25) is 0 Å². The average Bonchev–Trinajstić information content (AvgIpc) is 2.29. The third-order valence-electron chi connectivity index (χ3n) is 1.65. The summed E-state index contributed by atoms with van der Waals surface area (Å²) >= 11 is 16.3. The van der Waals surface area contributed by atoms with E-state index in [2.05, 4.69) is 4.74 Å². The van der Waals surface area contributed by atoms with Crippen LogP contribution >= 0.6 is 34.8 Å². The van der Waals surface area contributed by atoms with Crippen LogP contribution in [0.3, 0.4) is 0 Å². The molecular weight excluding hydrogens is 242 g/mol. The Hall–Kier alpha value is -0.190. The third kappa shape index (κ3) is 2.39. The number of halogens is 3. The Kier molecular flexibility index (Phi) is 2.95. The Labute approximate surface area is 88.7 Å². The summed E-state index contributed by atoms with van der Waals surface area (Å²) in [6.45, 7) is 0. The first-order valence-electron chi connectivity index (χ1n) is 3.31. The molecule has 1 aliphatic heterocycles. The van der Waals surface area contributed by atoms with Gasteiger partial charge in [0.05, 0.1) is 6.42 Å². The largest absolute Gasteiger partial charge is 0.481 e. The molecule has 0 saturated carbocycles. The Morgan fingerprint density at radius 2 is 2.08 bits per heavy atom. The molecule has 0 radical (unpaired) electrons. The van der Waals surface area contributed by atoms with Crippen molar-refractivity contribution < 1.29 is 19.4 Å². The van der Waals surface area contributed by atoms with Crippen LogP contribution in [0.5, 0.6) is 0 Å². The van der Waals surface area contributed by atoms with Crippen LogP contribution in [0.25, 0.3) is 0 Å². The van der Waals surface area contributed by atoms with Crippen LogP contribution in [0.1, 0.15) is 6.42 Å². The van der Waals surface area contributed by atoms with Crippen LogP contribution in [-0.4, -0.2) is 26.9 Å². The maximum atomic E-state index is 10.8. The number of cyclic esters (lactones) is 1. The third-order valence-corrected chi connectivity index (χ3v) is 2.30. The molecule has 1 heterocycles. The van der Waals surface area contributed by atoms with Gasteiger partial charge in [-0.2, -0.15) is 0 Å². The molecule has 0 spiro atoms. The maximum absolute atomic E-state index is 10.8. The number of carboxylic acids is 1. The predicted octanol–water partition coefficient (Wildman–Crippen LogP) is 1.37. The Morgan fingerprint density at radius 3 is 2.38 bits per heavy atom. The number of aliphatic carboxylic acids is 1. The lowest BCUT2D eigenvalue weighted by Crippen LogP contribution is -2.35. The van der Waals surface area contributed by atoms with E-state index in [-0.39, 0.29) is 6.42 Å². The van der Waals surface area contributed by atoms with Gasteiger partial charge in [-0.15, -0.1) is 0 Å².